The van der Waals surface area contributed by atoms with E-state index in [2.05, 4.69) is 10.6 Å². The van der Waals surface area contributed by atoms with Crippen molar-refractivity contribution in [3.8, 4) is 0 Å². The Balaban J connectivity index is 3.01. The van der Waals surface area contributed by atoms with Gasteiger partial charge in [0.2, 0.25) is 0 Å². The van der Waals surface area contributed by atoms with E-state index in [0.717, 1.165) is 37.7 Å². The van der Waals surface area contributed by atoms with Crippen molar-refractivity contribution in [1.82, 2.24) is 10.6 Å². The second-order valence-corrected chi connectivity index (χ2v) is 3.51. The first kappa shape index (κ1) is 14.6. The van der Waals surface area contributed by atoms with Gasteiger partial charge in [0.05, 0.1) is 13.2 Å². The largest absolute Gasteiger partial charge is 0.382 e. The van der Waals surface area contributed by atoms with Gasteiger partial charge in [0.25, 0.3) is 0 Å². The molecule has 2 N–H and O–H groups in total. The van der Waals surface area contributed by atoms with Crippen molar-refractivity contribution >= 4 is 17.3 Å². The fraction of sp³-hybridized carbons (Fsp3) is 0.900. The highest BCUT2D eigenvalue weighted by atomic mass is 32.1. The Morgan fingerprint density at radius 1 is 1.13 bits per heavy atom. The monoisotopic (exact) mass is 234 g/mol. The summed E-state index contributed by atoms with van der Waals surface area (Å²) in [6.07, 6.45) is 2.12. The van der Waals surface area contributed by atoms with Crippen LogP contribution in [0.1, 0.15) is 19.8 Å². The Morgan fingerprint density at radius 2 is 1.93 bits per heavy atom. The van der Waals surface area contributed by atoms with Gasteiger partial charge in [0.15, 0.2) is 5.11 Å². The number of nitrogens with one attached hydrogen (secondary N) is 2. The summed E-state index contributed by atoms with van der Waals surface area (Å²) in [5.41, 5.74) is 0. The Bertz CT molecular complexity index is 156. The van der Waals surface area contributed by atoms with E-state index in [4.69, 9.17) is 21.7 Å². The minimum atomic E-state index is 0.669. The molecule has 0 aromatic rings. The van der Waals surface area contributed by atoms with Gasteiger partial charge >= 0.3 is 0 Å². The third-order valence-electron chi connectivity index (χ3n) is 1.77. The Hall–Kier alpha value is -0.390. The Labute approximate surface area is 97.7 Å². The molecule has 0 fully saturated rings. The third-order valence-corrected chi connectivity index (χ3v) is 2.06. The molecule has 0 saturated heterocycles. The van der Waals surface area contributed by atoms with Gasteiger partial charge in [-0.2, -0.15) is 0 Å². The molecule has 0 heterocycles. The van der Waals surface area contributed by atoms with Gasteiger partial charge in [-0.05, 0) is 32.0 Å². The van der Waals surface area contributed by atoms with E-state index in [0.29, 0.717) is 13.2 Å². The van der Waals surface area contributed by atoms with E-state index in [1.807, 2.05) is 6.92 Å². The van der Waals surface area contributed by atoms with Crippen LogP contribution in [0.3, 0.4) is 0 Å². The highest BCUT2D eigenvalue weighted by Gasteiger charge is 1.92. The van der Waals surface area contributed by atoms with Crippen LogP contribution in [-0.4, -0.2) is 45.1 Å². The molecule has 0 aliphatic carbocycles. The topological polar surface area (TPSA) is 42.5 Å². The van der Waals surface area contributed by atoms with Gasteiger partial charge in [-0.1, -0.05) is 0 Å². The summed E-state index contributed by atoms with van der Waals surface area (Å²) in [4.78, 5) is 0. The van der Waals surface area contributed by atoms with Crippen molar-refractivity contribution < 1.29 is 9.47 Å². The first-order valence-electron chi connectivity index (χ1n) is 5.39. The molecule has 0 bridgehead atoms. The summed E-state index contributed by atoms with van der Waals surface area (Å²) in [5, 5.41) is 6.90. The van der Waals surface area contributed by atoms with E-state index < -0.39 is 0 Å². The molecule has 5 heteroatoms. The summed E-state index contributed by atoms with van der Waals surface area (Å²) in [5.74, 6) is 0. The molecular weight excluding hydrogens is 212 g/mol. The maximum absolute atomic E-state index is 5.33. The molecule has 15 heavy (non-hydrogen) atoms. The molecule has 0 saturated carbocycles. The number of methoxy groups -OCH3 is 1. The summed E-state index contributed by atoms with van der Waals surface area (Å²) >= 11 is 5.02. The minimum Gasteiger partial charge on any atom is -0.382 e. The molecule has 0 atom stereocenters. The summed E-state index contributed by atoms with van der Waals surface area (Å²) in [6, 6.07) is 0. The van der Waals surface area contributed by atoms with Crippen molar-refractivity contribution in [2.75, 3.05) is 40.0 Å². The number of unbranched alkanes of at least 4 members (excludes halogenated alkanes) is 1. The van der Waals surface area contributed by atoms with Gasteiger partial charge in [-0.3, -0.25) is 0 Å². The third kappa shape index (κ3) is 11.5. The van der Waals surface area contributed by atoms with Crippen LogP contribution in [0.5, 0.6) is 0 Å². The summed E-state index contributed by atoms with van der Waals surface area (Å²) < 4.78 is 10.2. The molecule has 0 rings (SSSR count). The predicted molar refractivity (Wildman–Crippen MR) is 66.2 cm³/mol. The van der Waals surface area contributed by atoms with E-state index in [1.165, 1.54) is 0 Å². The normalized spacial score (nSPS) is 10.0. The summed E-state index contributed by atoms with van der Waals surface area (Å²) in [6.45, 7) is 5.94. The molecule has 0 unspecified atom stereocenters. The van der Waals surface area contributed by atoms with Crippen LogP contribution in [-0.2, 0) is 9.47 Å². The zero-order valence-electron chi connectivity index (χ0n) is 9.67. The molecule has 90 valence electrons. The van der Waals surface area contributed by atoms with E-state index >= 15 is 0 Å². The fourth-order valence-electron chi connectivity index (χ4n) is 0.998. The molecule has 4 nitrogen and oxygen atoms in total. The van der Waals surface area contributed by atoms with Crippen molar-refractivity contribution in [3.05, 3.63) is 0 Å². The lowest BCUT2D eigenvalue weighted by Gasteiger charge is -2.08. The van der Waals surface area contributed by atoms with Crippen LogP contribution in [0.15, 0.2) is 0 Å². The van der Waals surface area contributed by atoms with Crippen molar-refractivity contribution in [2.24, 2.45) is 0 Å². The standard InChI is InChI=1S/C10H22N2O2S/c1-3-11-10(15)12-6-4-5-7-14-9-8-13-2/h3-9H2,1-2H3,(H2,11,12,15). The molecular formula is C10H22N2O2S. The number of ether oxygens (including phenoxy) is 2. The van der Waals surface area contributed by atoms with Crippen LogP contribution in [0, 0.1) is 0 Å². The second-order valence-electron chi connectivity index (χ2n) is 3.10. The minimum absolute atomic E-state index is 0.669. The van der Waals surface area contributed by atoms with E-state index in [-0.39, 0.29) is 0 Å². The average Bonchev–Trinajstić information content (AvgIpc) is 2.22. The van der Waals surface area contributed by atoms with Crippen LogP contribution in [0.2, 0.25) is 0 Å². The lowest BCUT2D eigenvalue weighted by atomic mass is 10.3. The van der Waals surface area contributed by atoms with Crippen LogP contribution >= 0.6 is 12.2 Å². The van der Waals surface area contributed by atoms with Gasteiger partial charge < -0.3 is 20.1 Å². The molecule has 0 aromatic heterocycles. The van der Waals surface area contributed by atoms with Crippen LogP contribution in [0.25, 0.3) is 0 Å². The van der Waals surface area contributed by atoms with Crippen LogP contribution < -0.4 is 10.6 Å². The number of rotatable bonds is 9. The van der Waals surface area contributed by atoms with Gasteiger partial charge in [-0.15, -0.1) is 0 Å². The number of hydrogen-bond acceptors (Lipinski definition) is 3. The maximum Gasteiger partial charge on any atom is 0.166 e. The van der Waals surface area contributed by atoms with Crippen LogP contribution in [0.4, 0.5) is 0 Å². The first-order chi connectivity index (χ1) is 7.31. The first-order valence-corrected chi connectivity index (χ1v) is 5.80. The van der Waals surface area contributed by atoms with Crippen molar-refractivity contribution in [2.45, 2.75) is 19.8 Å². The number of hydrogen-bond donors (Lipinski definition) is 2. The fourth-order valence-corrected chi connectivity index (χ4v) is 1.24. The molecule has 0 aliphatic rings. The van der Waals surface area contributed by atoms with Gasteiger partial charge in [0, 0.05) is 26.8 Å². The average molecular weight is 234 g/mol. The van der Waals surface area contributed by atoms with E-state index in [1.54, 1.807) is 7.11 Å². The predicted octanol–water partition coefficient (Wildman–Crippen LogP) is 0.914. The quantitative estimate of drug-likeness (QED) is 0.458. The van der Waals surface area contributed by atoms with Gasteiger partial charge in [0.1, 0.15) is 0 Å². The lowest BCUT2D eigenvalue weighted by Crippen LogP contribution is -2.35. The zero-order valence-corrected chi connectivity index (χ0v) is 10.5. The maximum atomic E-state index is 5.33. The zero-order chi connectivity index (χ0) is 11.4. The highest BCUT2D eigenvalue weighted by Crippen LogP contribution is 1.88. The smallest absolute Gasteiger partial charge is 0.166 e. The molecule has 0 amide bonds. The van der Waals surface area contributed by atoms with Gasteiger partial charge in [-0.25, -0.2) is 0 Å². The Morgan fingerprint density at radius 3 is 2.60 bits per heavy atom. The van der Waals surface area contributed by atoms with Crippen molar-refractivity contribution in [3.63, 3.8) is 0 Å². The lowest BCUT2D eigenvalue weighted by molar-refractivity contribution is 0.0689. The molecule has 0 aliphatic heterocycles. The second kappa shape index (κ2) is 11.7. The molecule has 0 spiro atoms. The van der Waals surface area contributed by atoms with E-state index in [9.17, 15) is 0 Å². The molecule has 0 aromatic carbocycles. The molecule has 0 radical (unpaired) electrons. The highest BCUT2D eigenvalue weighted by molar-refractivity contribution is 7.80. The SMILES string of the molecule is CCNC(=S)NCCCCOCCOC. The summed E-state index contributed by atoms with van der Waals surface area (Å²) in [7, 11) is 1.68. The van der Waals surface area contributed by atoms with Crippen molar-refractivity contribution in [1.29, 1.82) is 0 Å². The Kier molecular flexibility index (Phi) is 11.4. The number of thiocarbonyl (C=S) groups is 1.